The molecule has 0 saturated carbocycles. The zero-order valence-electron chi connectivity index (χ0n) is 21.3. The predicted octanol–water partition coefficient (Wildman–Crippen LogP) is 5.76. The molecule has 182 valence electrons. The van der Waals surface area contributed by atoms with E-state index >= 15 is 0 Å². The summed E-state index contributed by atoms with van der Waals surface area (Å²) in [6, 6.07) is 15.3. The highest BCUT2D eigenvalue weighted by Crippen LogP contribution is 2.29. The maximum Gasteiger partial charge on any atom is 0.101 e. The van der Waals surface area contributed by atoms with Gasteiger partial charge in [0.1, 0.15) is 6.07 Å². The van der Waals surface area contributed by atoms with E-state index in [0.717, 1.165) is 81.2 Å². The minimum Gasteiger partial charge on any atom is -0.378 e. The van der Waals surface area contributed by atoms with Crippen LogP contribution < -0.4 is 9.80 Å². The van der Waals surface area contributed by atoms with Gasteiger partial charge in [-0.3, -0.25) is 4.99 Å². The van der Waals surface area contributed by atoms with Crippen LogP contribution in [0.5, 0.6) is 0 Å². The van der Waals surface area contributed by atoms with Gasteiger partial charge in [-0.15, -0.1) is 0 Å². The van der Waals surface area contributed by atoms with Gasteiger partial charge >= 0.3 is 0 Å². The van der Waals surface area contributed by atoms with Crippen molar-refractivity contribution in [2.75, 3.05) is 49.2 Å². The molecule has 0 aromatic heterocycles. The average molecular weight is 469 g/mol. The molecule has 0 spiro atoms. The van der Waals surface area contributed by atoms with Crippen LogP contribution in [-0.4, -0.2) is 45.1 Å². The van der Waals surface area contributed by atoms with Crippen molar-refractivity contribution >= 4 is 17.1 Å². The van der Waals surface area contributed by atoms with Crippen molar-refractivity contribution in [2.24, 2.45) is 4.99 Å². The van der Waals surface area contributed by atoms with Crippen molar-refractivity contribution in [3.8, 4) is 6.07 Å². The minimum absolute atomic E-state index is 0.737. The maximum atomic E-state index is 9.70. The minimum atomic E-state index is 0.737. The van der Waals surface area contributed by atoms with E-state index in [1.54, 1.807) is 6.20 Å². The summed E-state index contributed by atoms with van der Waals surface area (Å²) in [5.74, 6) is 0. The van der Waals surface area contributed by atoms with Crippen LogP contribution >= 0.6 is 0 Å². The summed E-state index contributed by atoms with van der Waals surface area (Å²) in [6.45, 7) is 15.5. The molecular weight excluding hydrogens is 432 g/mol. The van der Waals surface area contributed by atoms with Crippen LogP contribution in [0, 0.1) is 25.2 Å². The molecule has 2 aliphatic rings. The molecule has 4 rings (SSSR count). The number of benzene rings is 2. The van der Waals surface area contributed by atoms with Gasteiger partial charge in [-0.2, -0.15) is 5.26 Å². The van der Waals surface area contributed by atoms with Gasteiger partial charge in [0.25, 0.3) is 0 Å². The molecular formula is C30H36N4O. The van der Waals surface area contributed by atoms with Crippen molar-refractivity contribution in [3.05, 3.63) is 82.6 Å². The van der Waals surface area contributed by atoms with Gasteiger partial charge < -0.3 is 14.5 Å². The Hall–Kier alpha value is -3.36. The third kappa shape index (κ3) is 5.83. The number of ether oxygens (including phenoxy) is 1. The quantitative estimate of drug-likeness (QED) is 0.485. The smallest absolute Gasteiger partial charge is 0.101 e. The number of rotatable bonds is 7. The lowest BCUT2D eigenvalue weighted by atomic mass is 9.92. The number of aliphatic imine (C=N–C) groups is 1. The molecule has 0 atom stereocenters. The zero-order chi connectivity index (χ0) is 24.8. The van der Waals surface area contributed by atoms with E-state index in [0.29, 0.717) is 0 Å². The number of anilines is 2. The monoisotopic (exact) mass is 468 g/mol. The van der Waals surface area contributed by atoms with Gasteiger partial charge in [0.2, 0.25) is 0 Å². The molecule has 5 nitrogen and oxygen atoms in total. The highest BCUT2D eigenvalue weighted by atomic mass is 16.5. The Morgan fingerprint density at radius 1 is 1.06 bits per heavy atom. The average Bonchev–Trinajstić information content (AvgIpc) is 2.88. The number of aryl methyl sites for hydroxylation is 3. The molecule has 0 unspecified atom stereocenters. The Kier molecular flexibility index (Phi) is 8.05. The van der Waals surface area contributed by atoms with Crippen LogP contribution in [0.4, 0.5) is 11.4 Å². The molecule has 1 fully saturated rings. The van der Waals surface area contributed by atoms with Crippen molar-refractivity contribution in [1.29, 1.82) is 5.26 Å². The number of morpholine rings is 1. The SMILES string of the molecule is C=CN=C(CCc1ccc(C)c(N2CCOCC2)c1)C1=C(C)CCN(c2ccc(C)cc2C#N)C1. The number of nitriles is 1. The van der Waals surface area contributed by atoms with Gasteiger partial charge in [-0.1, -0.05) is 30.4 Å². The first-order valence-electron chi connectivity index (χ1n) is 12.5. The molecule has 0 amide bonds. The lowest BCUT2D eigenvalue weighted by molar-refractivity contribution is 0.122. The topological polar surface area (TPSA) is 51.9 Å². The van der Waals surface area contributed by atoms with Crippen molar-refractivity contribution < 1.29 is 4.74 Å². The molecule has 2 aromatic rings. The second-order valence-electron chi connectivity index (χ2n) is 9.54. The summed E-state index contributed by atoms with van der Waals surface area (Å²) in [4.78, 5) is 9.48. The predicted molar refractivity (Wildman–Crippen MR) is 146 cm³/mol. The Labute approximate surface area is 210 Å². The molecule has 0 N–H and O–H groups in total. The third-order valence-electron chi connectivity index (χ3n) is 7.11. The fraction of sp³-hybridized carbons (Fsp3) is 0.400. The molecule has 2 aromatic carbocycles. The standard InChI is InChI=1S/C30H36N4O/c1-5-32-28(10-9-25-8-7-24(4)30(19-25)33-14-16-35-17-15-33)27-21-34(13-12-23(27)3)29-11-6-22(2)18-26(29)20-31/h5-8,11,18-19H,1,9-10,12-17,21H2,2-4H3. The van der Waals surface area contributed by atoms with E-state index in [1.165, 1.54) is 28.0 Å². The largest absolute Gasteiger partial charge is 0.378 e. The van der Waals surface area contributed by atoms with Crippen LogP contribution in [0.1, 0.15) is 42.0 Å². The summed E-state index contributed by atoms with van der Waals surface area (Å²) in [6.07, 6.45) is 4.41. The number of hydrogen-bond acceptors (Lipinski definition) is 5. The van der Waals surface area contributed by atoms with Crippen LogP contribution in [0.25, 0.3) is 0 Å². The fourth-order valence-corrected chi connectivity index (χ4v) is 5.04. The molecule has 35 heavy (non-hydrogen) atoms. The molecule has 2 aliphatic heterocycles. The van der Waals surface area contributed by atoms with Gasteiger partial charge in [-0.05, 0) is 80.5 Å². The van der Waals surface area contributed by atoms with Gasteiger partial charge in [0, 0.05) is 43.8 Å². The number of nitrogens with zero attached hydrogens (tertiary/aromatic N) is 4. The Bertz CT molecular complexity index is 1180. The third-order valence-corrected chi connectivity index (χ3v) is 7.11. The van der Waals surface area contributed by atoms with Crippen molar-refractivity contribution in [1.82, 2.24) is 0 Å². The van der Waals surface area contributed by atoms with Gasteiger partial charge in [0.05, 0.1) is 24.5 Å². The van der Waals surface area contributed by atoms with E-state index in [-0.39, 0.29) is 0 Å². The van der Waals surface area contributed by atoms with Crippen LogP contribution in [0.3, 0.4) is 0 Å². The summed E-state index contributed by atoms with van der Waals surface area (Å²) in [7, 11) is 0. The first kappa shape index (κ1) is 24.8. The van der Waals surface area contributed by atoms with Gasteiger partial charge in [-0.25, -0.2) is 0 Å². The normalized spacial score (nSPS) is 16.9. The summed E-state index contributed by atoms with van der Waals surface area (Å²) in [5.41, 5.74) is 10.6. The lowest BCUT2D eigenvalue weighted by Crippen LogP contribution is -2.36. The van der Waals surface area contributed by atoms with E-state index in [9.17, 15) is 5.26 Å². The second-order valence-corrected chi connectivity index (χ2v) is 9.54. The summed E-state index contributed by atoms with van der Waals surface area (Å²) < 4.78 is 5.54. The van der Waals surface area contributed by atoms with E-state index < -0.39 is 0 Å². The molecule has 0 radical (unpaired) electrons. The Balaban J connectivity index is 1.52. The van der Waals surface area contributed by atoms with Crippen molar-refractivity contribution in [3.63, 3.8) is 0 Å². The highest BCUT2D eigenvalue weighted by molar-refractivity contribution is 6.02. The second kappa shape index (κ2) is 11.4. The number of hydrogen-bond donors (Lipinski definition) is 0. The van der Waals surface area contributed by atoms with E-state index in [4.69, 9.17) is 9.73 Å². The fourth-order valence-electron chi connectivity index (χ4n) is 5.04. The van der Waals surface area contributed by atoms with Crippen molar-refractivity contribution in [2.45, 2.75) is 40.0 Å². The molecule has 0 bridgehead atoms. The van der Waals surface area contributed by atoms with Crippen LogP contribution in [0.15, 0.2) is 65.3 Å². The van der Waals surface area contributed by atoms with Crippen LogP contribution in [0.2, 0.25) is 0 Å². The molecule has 2 heterocycles. The molecule has 1 saturated heterocycles. The molecule has 5 heteroatoms. The summed E-state index contributed by atoms with van der Waals surface area (Å²) >= 11 is 0. The van der Waals surface area contributed by atoms with Gasteiger partial charge in [0.15, 0.2) is 0 Å². The van der Waals surface area contributed by atoms with Crippen LogP contribution in [-0.2, 0) is 11.2 Å². The zero-order valence-corrected chi connectivity index (χ0v) is 21.3. The molecule has 0 aliphatic carbocycles. The van der Waals surface area contributed by atoms with E-state index in [2.05, 4.69) is 66.6 Å². The summed E-state index contributed by atoms with van der Waals surface area (Å²) in [5, 5.41) is 9.70. The Morgan fingerprint density at radius 3 is 2.60 bits per heavy atom. The maximum absolute atomic E-state index is 9.70. The first-order chi connectivity index (χ1) is 17.0. The first-order valence-corrected chi connectivity index (χ1v) is 12.5. The van der Waals surface area contributed by atoms with E-state index in [1.807, 2.05) is 13.0 Å². The Morgan fingerprint density at radius 2 is 1.86 bits per heavy atom. The highest BCUT2D eigenvalue weighted by Gasteiger charge is 2.22. The lowest BCUT2D eigenvalue weighted by Gasteiger charge is -2.33.